The molecule has 3 nitrogen and oxygen atoms in total. The number of imidazole rings is 1. The summed E-state index contributed by atoms with van der Waals surface area (Å²) in [5.74, 6) is 0. The van der Waals surface area contributed by atoms with Gasteiger partial charge in [-0.2, -0.15) is 11.3 Å². The quantitative estimate of drug-likeness (QED) is 0.856. The van der Waals surface area contributed by atoms with Crippen LogP contribution in [0.4, 0.5) is 0 Å². The van der Waals surface area contributed by atoms with Crippen LogP contribution in [0.2, 0.25) is 0 Å². The lowest BCUT2D eigenvalue weighted by Crippen LogP contribution is -2.11. The molecule has 0 atom stereocenters. The van der Waals surface area contributed by atoms with E-state index in [1.54, 1.807) is 11.3 Å². The number of thiophene rings is 1. The summed E-state index contributed by atoms with van der Waals surface area (Å²) in [4.78, 5) is 4.18. The third-order valence-corrected chi connectivity index (χ3v) is 3.37. The molecule has 0 aliphatic carbocycles. The molecule has 80 valence electrons. The number of rotatable bonds is 4. The Balaban J connectivity index is 2.17. The molecule has 0 spiro atoms. The van der Waals surface area contributed by atoms with Crippen LogP contribution < -0.4 is 5.32 Å². The van der Waals surface area contributed by atoms with Gasteiger partial charge in [0.25, 0.3) is 0 Å². The molecular formula is C11H15N3S. The topological polar surface area (TPSA) is 29.9 Å². The zero-order chi connectivity index (χ0) is 10.7. The monoisotopic (exact) mass is 221 g/mol. The molecular weight excluding hydrogens is 206 g/mol. The van der Waals surface area contributed by atoms with Gasteiger partial charge in [0.05, 0.1) is 12.0 Å². The summed E-state index contributed by atoms with van der Waals surface area (Å²) in [6, 6.07) is 0. The van der Waals surface area contributed by atoms with Gasteiger partial charge < -0.3 is 9.88 Å². The van der Waals surface area contributed by atoms with Crippen molar-refractivity contribution in [3.63, 3.8) is 0 Å². The van der Waals surface area contributed by atoms with Crippen molar-refractivity contribution in [2.75, 3.05) is 7.05 Å². The van der Waals surface area contributed by atoms with Crippen molar-refractivity contribution in [3.8, 4) is 0 Å². The van der Waals surface area contributed by atoms with Crippen molar-refractivity contribution in [2.24, 2.45) is 0 Å². The van der Waals surface area contributed by atoms with E-state index < -0.39 is 0 Å². The van der Waals surface area contributed by atoms with Gasteiger partial charge in [-0.3, -0.25) is 0 Å². The first-order chi connectivity index (χ1) is 7.31. The lowest BCUT2D eigenvalue weighted by Gasteiger charge is -2.07. The van der Waals surface area contributed by atoms with Crippen LogP contribution in [-0.4, -0.2) is 16.6 Å². The highest BCUT2D eigenvalue weighted by Gasteiger charge is 2.04. The molecule has 0 radical (unpaired) electrons. The molecule has 4 heteroatoms. The molecule has 0 fully saturated rings. The number of nitrogens with one attached hydrogen (secondary N) is 1. The fourth-order valence-electron chi connectivity index (χ4n) is 1.55. The van der Waals surface area contributed by atoms with Gasteiger partial charge in [-0.05, 0) is 35.9 Å². The Bertz CT molecular complexity index is 430. The Labute approximate surface area is 93.8 Å². The molecule has 0 aliphatic rings. The van der Waals surface area contributed by atoms with E-state index >= 15 is 0 Å². The Kier molecular flexibility index (Phi) is 3.18. The van der Waals surface area contributed by atoms with Gasteiger partial charge in [-0.15, -0.1) is 0 Å². The minimum Gasteiger partial charge on any atom is -0.329 e. The summed E-state index contributed by atoms with van der Waals surface area (Å²) in [5.41, 5.74) is 3.97. The highest BCUT2D eigenvalue weighted by molar-refractivity contribution is 7.08. The van der Waals surface area contributed by atoms with E-state index in [1.165, 1.54) is 16.8 Å². The summed E-state index contributed by atoms with van der Waals surface area (Å²) in [6.45, 7) is 3.94. The molecule has 0 unspecified atom stereocenters. The second-order valence-corrected chi connectivity index (χ2v) is 4.37. The highest BCUT2D eigenvalue weighted by Crippen LogP contribution is 2.15. The molecule has 15 heavy (non-hydrogen) atoms. The molecule has 0 amide bonds. The molecule has 0 aromatic carbocycles. The smallest absolute Gasteiger partial charge is 0.0951 e. The van der Waals surface area contributed by atoms with Gasteiger partial charge in [-0.25, -0.2) is 4.98 Å². The van der Waals surface area contributed by atoms with Gasteiger partial charge in [0.15, 0.2) is 0 Å². The largest absolute Gasteiger partial charge is 0.329 e. The summed E-state index contributed by atoms with van der Waals surface area (Å²) in [6.07, 6.45) is 3.81. The van der Waals surface area contributed by atoms with Crippen molar-refractivity contribution in [1.29, 1.82) is 0 Å². The number of nitrogens with zero attached hydrogens (tertiary/aromatic N) is 2. The predicted molar refractivity (Wildman–Crippen MR) is 63.1 cm³/mol. The normalized spacial score (nSPS) is 10.8. The van der Waals surface area contributed by atoms with Gasteiger partial charge in [0.2, 0.25) is 0 Å². The van der Waals surface area contributed by atoms with E-state index in [2.05, 4.69) is 32.6 Å². The fraction of sp³-hybridized carbons (Fsp3) is 0.364. The van der Waals surface area contributed by atoms with Crippen molar-refractivity contribution < 1.29 is 0 Å². The predicted octanol–water partition coefficient (Wildman–Crippen LogP) is 2.02. The van der Waals surface area contributed by atoms with Gasteiger partial charge >= 0.3 is 0 Å². The second-order valence-electron chi connectivity index (χ2n) is 3.62. The minimum atomic E-state index is 0.864. The van der Waals surface area contributed by atoms with Gasteiger partial charge in [0.1, 0.15) is 0 Å². The van der Waals surface area contributed by atoms with Crippen molar-refractivity contribution in [3.05, 3.63) is 40.1 Å². The summed E-state index contributed by atoms with van der Waals surface area (Å²) in [7, 11) is 1.95. The van der Waals surface area contributed by atoms with E-state index in [0.717, 1.165) is 13.1 Å². The van der Waals surface area contributed by atoms with Crippen LogP contribution in [0.1, 0.15) is 16.8 Å². The summed E-state index contributed by atoms with van der Waals surface area (Å²) < 4.78 is 2.19. The van der Waals surface area contributed by atoms with Gasteiger partial charge in [0, 0.05) is 19.3 Å². The highest BCUT2D eigenvalue weighted by atomic mass is 32.1. The van der Waals surface area contributed by atoms with Crippen molar-refractivity contribution in [2.45, 2.75) is 20.0 Å². The first-order valence-electron chi connectivity index (χ1n) is 4.96. The van der Waals surface area contributed by atoms with Gasteiger partial charge in [-0.1, -0.05) is 0 Å². The van der Waals surface area contributed by atoms with E-state index in [9.17, 15) is 0 Å². The van der Waals surface area contributed by atoms with Crippen molar-refractivity contribution in [1.82, 2.24) is 14.9 Å². The number of aryl methyl sites for hydroxylation is 1. The molecule has 1 N–H and O–H groups in total. The van der Waals surface area contributed by atoms with Crippen molar-refractivity contribution >= 4 is 11.3 Å². The third kappa shape index (κ3) is 2.27. The molecule has 2 aromatic heterocycles. The lowest BCUT2D eigenvalue weighted by atomic mass is 10.2. The number of aromatic nitrogens is 2. The first-order valence-corrected chi connectivity index (χ1v) is 5.91. The molecule has 0 aliphatic heterocycles. The maximum atomic E-state index is 4.18. The minimum absolute atomic E-state index is 0.864. The van der Waals surface area contributed by atoms with Crippen LogP contribution in [0.15, 0.2) is 23.3 Å². The summed E-state index contributed by atoms with van der Waals surface area (Å²) in [5, 5.41) is 7.54. The molecule has 0 saturated heterocycles. The Hall–Kier alpha value is -1.13. The Morgan fingerprint density at radius 2 is 2.33 bits per heavy atom. The second kappa shape index (κ2) is 4.59. The van der Waals surface area contributed by atoms with E-state index in [0.29, 0.717) is 0 Å². The fourth-order valence-corrected chi connectivity index (χ4v) is 2.40. The van der Waals surface area contributed by atoms with Crippen LogP contribution in [0.3, 0.4) is 0 Å². The lowest BCUT2D eigenvalue weighted by molar-refractivity contribution is 0.692. The van der Waals surface area contributed by atoms with E-state index in [-0.39, 0.29) is 0 Å². The third-order valence-electron chi connectivity index (χ3n) is 2.46. The standard InChI is InChI=1S/C11H15N3S/c1-9-6-15-7-10(9)5-14-8-13-4-11(14)3-12-2/h4,6-8,12H,3,5H2,1-2H3. The van der Waals surface area contributed by atoms with E-state index in [1.807, 2.05) is 19.6 Å². The number of hydrogen-bond donors (Lipinski definition) is 1. The average molecular weight is 221 g/mol. The maximum absolute atomic E-state index is 4.18. The molecule has 2 rings (SSSR count). The van der Waals surface area contributed by atoms with Crippen LogP contribution in [0, 0.1) is 6.92 Å². The van der Waals surface area contributed by atoms with Crippen LogP contribution in [0.5, 0.6) is 0 Å². The first kappa shape index (κ1) is 10.4. The average Bonchev–Trinajstić information content (AvgIpc) is 2.80. The molecule has 2 aromatic rings. The van der Waals surface area contributed by atoms with Crippen LogP contribution >= 0.6 is 11.3 Å². The zero-order valence-electron chi connectivity index (χ0n) is 9.03. The Morgan fingerprint density at radius 1 is 1.47 bits per heavy atom. The van der Waals surface area contributed by atoms with E-state index in [4.69, 9.17) is 0 Å². The maximum Gasteiger partial charge on any atom is 0.0951 e. The molecule has 0 bridgehead atoms. The van der Waals surface area contributed by atoms with Crippen LogP contribution in [0.25, 0.3) is 0 Å². The zero-order valence-corrected chi connectivity index (χ0v) is 9.84. The summed E-state index contributed by atoms with van der Waals surface area (Å²) >= 11 is 1.76. The van der Waals surface area contributed by atoms with Crippen LogP contribution in [-0.2, 0) is 13.1 Å². The molecule has 2 heterocycles. The Morgan fingerprint density at radius 3 is 3.00 bits per heavy atom. The SMILES string of the molecule is CNCc1cncn1Cc1cscc1C. The molecule has 0 saturated carbocycles. The number of hydrogen-bond acceptors (Lipinski definition) is 3.